The van der Waals surface area contributed by atoms with Crippen LogP contribution in [0.4, 0.5) is 0 Å². The Morgan fingerprint density at radius 2 is 2.06 bits per heavy atom. The first-order chi connectivity index (χ1) is 8.66. The number of nitrogens with zero attached hydrogens (tertiary/aromatic N) is 2. The number of hydrogen-bond donors (Lipinski definition) is 0. The van der Waals surface area contributed by atoms with Gasteiger partial charge in [0.15, 0.2) is 0 Å². The normalized spacial score (nSPS) is 10.1. The van der Waals surface area contributed by atoms with Gasteiger partial charge in [-0.05, 0) is 24.1 Å². The first-order valence-corrected chi connectivity index (χ1v) is 5.75. The number of rotatable bonds is 3. The molecule has 0 atom stereocenters. The molecule has 1 aromatic heterocycles. The van der Waals surface area contributed by atoms with E-state index in [0.717, 1.165) is 5.56 Å². The van der Waals surface area contributed by atoms with Crippen LogP contribution in [0.25, 0.3) is 0 Å². The lowest BCUT2D eigenvalue weighted by atomic mass is 10.2. The topological polar surface area (TPSA) is 52.1 Å². The molecule has 0 fully saturated rings. The molecule has 0 saturated carbocycles. The molecule has 0 saturated heterocycles. The van der Waals surface area contributed by atoms with Gasteiger partial charge in [-0.2, -0.15) is 0 Å². The first-order valence-electron chi connectivity index (χ1n) is 5.37. The first kappa shape index (κ1) is 12.5. The van der Waals surface area contributed by atoms with Crippen molar-refractivity contribution in [3.05, 3.63) is 58.6 Å². The molecule has 0 N–H and O–H groups in total. The Morgan fingerprint density at radius 3 is 2.72 bits per heavy atom. The fourth-order valence-electron chi connectivity index (χ4n) is 1.44. The zero-order valence-electron chi connectivity index (χ0n) is 9.76. The van der Waals surface area contributed by atoms with Gasteiger partial charge in [-0.15, -0.1) is 0 Å². The number of aryl methyl sites for hydroxylation is 1. The van der Waals surface area contributed by atoms with Crippen LogP contribution < -0.4 is 0 Å². The number of esters is 1. The molecule has 2 rings (SSSR count). The number of hydrogen-bond acceptors (Lipinski definition) is 4. The van der Waals surface area contributed by atoms with Gasteiger partial charge >= 0.3 is 5.97 Å². The van der Waals surface area contributed by atoms with Gasteiger partial charge in [-0.1, -0.05) is 30.3 Å². The third-order valence-electron chi connectivity index (χ3n) is 2.38. The van der Waals surface area contributed by atoms with Crippen molar-refractivity contribution in [3.63, 3.8) is 0 Å². The molecular formula is C13H11ClN2O2. The fourth-order valence-corrected chi connectivity index (χ4v) is 1.62. The summed E-state index contributed by atoms with van der Waals surface area (Å²) in [5, 5.41) is 0.118. The second-order valence-corrected chi connectivity index (χ2v) is 4.04. The lowest BCUT2D eigenvalue weighted by molar-refractivity contribution is 0.0470. The minimum absolute atomic E-state index is 0.118. The molecule has 5 heteroatoms. The predicted octanol–water partition coefficient (Wildman–Crippen LogP) is 2.80. The van der Waals surface area contributed by atoms with E-state index >= 15 is 0 Å². The predicted molar refractivity (Wildman–Crippen MR) is 67.3 cm³/mol. The molecule has 0 spiro atoms. The van der Waals surface area contributed by atoms with Crippen molar-refractivity contribution >= 4 is 17.6 Å². The van der Waals surface area contributed by atoms with Crippen molar-refractivity contribution in [1.82, 2.24) is 9.97 Å². The van der Waals surface area contributed by atoms with Gasteiger partial charge in [-0.25, -0.2) is 14.8 Å². The van der Waals surface area contributed by atoms with Crippen LogP contribution in [-0.4, -0.2) is 15.9 Å². The van der Waals surface area contributed by atoms with E-state index in [1.807, 2.05) is 30.3 Å². The summed E-state index contributed by atoms with van der Waals surface area (Å²) in [5.41, 5.74) is 1.77. The van der Waals surface area contributed by atoms with Crippen LogP contribution in [0.2, 0.25) is 5.28 Å². The molecule has 0 radical (unpaired) electrons. The molecule has 0 amide bonds. The Hall–Kier alpha value is -1.94. The molecule has 1 aromatic carbocycles. The van der Waals surface area contributed by atoms with Crippen molar-refractivity contribution in [2.75, 3.05) is 0 Å². The average Bonchev–Trinajstić information content (AvgIpc) is 2.37. The van der Waals surface area contributed by atoms with Crippen LogP contribution >= 0.6 is 11.6 Å². The maximum absolute atomic E-state index is 11.8. The summed E-state index contributed by atoms with van der Waals surface area (Å²) in [6.07, 6.45) is 1.37. The highest BCUT2D eigenvalue weighted by Crippen LogP contribution is 2.10. The highest BCUT2D eigenvalue weighted by molar-refractivity contribution is 6.28. The molecule has 92 valence electrons. The summed E-state index contributed by atoms with van der Waals surface area (Å²) in [7, 11) is 0. The lowest BCUT2D eigenvalue weighted by Crippen LogP contribution is -2.09. The van der Waals surface area contributed by atoms with Gasteiger partial charge < -0.3 is 4.74 Å². The zero-order chi connectivity index (χ0) is 13.0. The molecular weight excluding hydrogens is 252 g/mol. The Bertz CT molecular complexity index is 558. The van der Waals surface area contributed by atoms with Gasteiger partial charge in [0.05, 0.1) is 11.3 Å². The van der Waals surface area contributed by atoms with Crippen molar-refractivity contribution in [2.45, 2.75) is 13.5 Å². The monoisotopic (exact) mass is 262 g/mol. The zero-order valence-corrected chi connectivity index (χ0v) is 10.5. The van der Waals surface area contributed by atoms with Gasteiger partial charge in [0.1, 0.15) is 6.61 Å². The molecule has 18 heavy (non-hydrogen) atoms. The molecule has 2 aromatic rings. The Morgan fingerprint density at radius 1 is 1.33 bits per heavy atom. The Balaban J connectivity index is 2.04. The van der Waals surface area contributed by atoms with E-state index in [1.54, 1.807) is 6.92 Å². The standard InChI is InChI=1S/C13H11ClN2O2/c1-9-11(7-15-13(14)16-9)12(17)18-8-10-5-3-2-4-6-10/h2-7H,8H2,1H3. The van der Waals surface area contributed by atoms with Crippen molar-refractivity contribution in [1.29, 1.82) is 0 Å². The molecule has 4 nitrogen and oxygen atoms in total. The van der Waals surface area contributed by atoms with Gasteiger partial charge in [0.2, 0.25) is 5.28 Å². The van der Waals surface area contributed by atoms with Crippen LogP contribution in [0, 0.1) is 6.92 Å². The maximum atomic E-state index is 11.8. The van der Waals surface area contributed by atoms with Gasteiger partial charge in [-0.3, -0.25) is 0 Å². The number of carbonyl (C=O) groups excluding carboxylic acids is 1. The lowest BCUT2D eigenvalue weighted by Gasteiger charge is -2.06. The SMILES string of the molecule is Cc1nc(Cl)ncc1C(=O)OCc1ccccc1. The number of ether oxygens (including phenoxy) is 1. The van der Waals surface area contributed by atoms with Gasteiger partial charge in [0, 0.05) is 6.20 Å². The number of aromatic nitrogens is 2. The number of benzene rings is 1. The van der Waals surface area contributed by atoms with Crippen molar-refractivity contribution in [3.8, 4) is 0 Å². The van der Waals surface area contributed by atoms with E-state index in [-0.39, 0.29) is 11.9 Å². The minimum Gasteiger partial charge on any atom is -0.457 e. The molecule has 0 aliphatic heterocycles. The Kier molecular flexibility index (Phi) is 3.89. The number of carbonyl (C=O) groups is 1. The van der Waals surface area contributed by atoms with Crippen molar-refractivity contribution in [2.24, 2.45) is 0 Å². The summed E-state index contributed by atoms with van der Waals surface area (Å²) in [6, 6.07) is 9.46. The van der Waals surface area contributed by atoms with Crippen LogP contribution in [0.3, 0.4) is 0 Å². The van der Waals surface area contributed by atoms with Crippen LogP contribution in [0.1, 0.15) is 21.6 Å². The van der Waals surface area contributed by atoms with E-state index in [4.69, 9.17) is 16.3 Å². The fraction of sp³-hybridized carbons (Fsp3) is 0.154. The third kappa shape index (κ3) is 3.05. The van der Waals surface area contributed by atoms with Crippen LogP contribution in [0.15, 0.2) is 36.5 Å². The molecule has 0 bridgehead atoms. The van der Waals surface area contributed by atoms with E-state index < -0.39 is 5.97 Å². The quantitative estimate of drug-likeness (QED) is 0.630. The summed E-state index contributed by atoms with van der Waals surface area (Å²) in [6.45, 7) is 1.91. The molecule has 1 heterocycles. The maximum Gasteiger partial charge on any atom is 0.341 e. The van der Waals surface area contributed by atoms with Crippen molar-refractivity contribution < 1.29 is 9.53 Å². The second kappa shape index (κ2) is 5.60. The van der Waals surface area contributed by atoms with Gasteiger partial charge in [0.25, 0.3) is 0 Å². The summed E-state index contributed by atoms with van der Waals surface area (Å²) in [4.78, 5) is 19.5. The average molecular weight is 263 g/mol. The molecule has 0 unspecified atom stereocenters. The molecule has 0 aliphatic carbocycles. The largest absolute Gasteiger partial charge is 0.457 e. The summed E-state index contributed by atoms with van der Waals surface area (Å²) >= 11 is 5.62. The smallest absolute Gasteiger partial charge is 0.341 e. The van der Waals surface area contributed by atoms with E-state index in [2.05, 4.69) is 9.97 Å². The number of halogens is 1. The Labute approximate surface area is 110 Å². The summed E-state index contributed by atoms with van der Waals surface area (Å²) < 4.78 is 5.17. The third-order valence-corrected chi connectivity index (χ3v) is 2.56. The van der Waals surface area contributed by atoms with E-state index in [0.29, 0.717) is 11.3 Å². The van der Waals surface area contributed by atoms with E-state index in [9.17, 15) is 4.79 Å². The highest BCUT2D eigenvalue weighted by Gasteiger charge is 2.12. The second-order valence-electron chi connectivity index (χ2n) is 3.70. The summed E-state index contributed by atoms with van der Waals surface area (Å²) in [5.74, 6) is -0.451. The van der Waals surface area contributed by atoms with Crippen LogP contribution in [-0.2, 0) is 11.3 Å². The minimum atomic E-state index is -0.451. The van der Waals surface area contributed by atoms with E-state index in [1.165, 1.54) is 6.20 Å². The molecule has 0 aliphatic rings. The van der Waals surface area contributed by atoms with Crippen LogP contribution in [0.5, 0.6) is 0 Å². The highest BCUT2D eigenvalue weighted by atomic mass is 35.5.